The predicted molar refractivity (Wildman–Crippen MR) is 92.2 cm³/mol. The quantitative estimate of drug-likeness (QED) is 0.677. The van der Waals surface area contributed by atoms with Crippen LogP contribution in [0.25, 0.3) is 11.1 Å². The van der Waals surface area contributed by atoms with Crippen LogP contribution in [-0.4, -0.2) is 27.7 Å². The van der Waals surface area contributed by atoms with Gasteiger partial charge in [0.2, 0.25) is 0 Å². The van der Waals surface area contributed by atoms with Crippen molar-refractivity contribution in [3.05, 3.63) is 65.7 Å². The van der Waals surface area contributed by atoms with Crippen LogP contribution in [0.4, 0.5) is 0 Å². The Kier molecular flexibility index (Phi) is 4.42. The molecule has 0 saturated heterocycles. The molecule has 3 aromatic rings. The molecule has 0 N–H and O–H groups in total. The van der Waals surface area contributed by atoms with E-state index in [4.69, 9.17) is 4.74 Å². The maximum absolute atomic E-state index is 11.5. The summed E-state index contributed by atoms with van der Waals surface area (Å²) >= 11 is 0. The molecule has 0 fully saturated rings. The zero-order valence-electron chi connectivity index (χ0n) is 14.0. The van der Waals surface area contributed by atoms with Gasteiger partial charge < -0.3 is 4.74 Å². The topological polar surface area (TPSA) is 57.0 Å². The molecule has 122 valence electrons. The van der Waals surface area contributed by atoms with E-state index in [9.17, 15) is 4.79 Å². The molecule has 0 atom stereocenters. The van der Waals surface area contributed by atoms with E-state index in [0.29, 0.717) is 17.9 Å². The molecule has 3 rings (SSSR count). The Morgan fingerprint density at radius 1 is 1.17 bits per heavy atom. The standard InChI is InChI=1S/C19H19N3O2/c1-13(23)18-9-16(19(24-3)11-20-18)8-14-4-6-15(7-5-14)17-10-21-22(2)12-17/h4-7,9-12H,8H2,1-3H3. The molecule has 0 spiro atoms. The zero-order chi connectivity index (χ0) is 17.1. The van der Waals surface area contributed by atoms with Gasteiger partial charge in [-0.3, -0.25) is 9.48 Å². The average Bonchev–Trinajstić information content (AvgIpc) is 3.02. The molecule has 0 aliphatic heterocycles. The zero-order valence-corrected chi connectivity index (χ0v) is 14.0. The highest BCUT2D eigenvalue weighted by Gasteiger charge is 2.10. The number of nitrogens with zero attached hydrogens (tertiary/aromatic N) is 3. The Hall–Kier alpha value is -2.95. The van der Waals surface area contributed by atoms with Crippen LogP contribution in [0, 0.1) is 0 Å². The predicted octanol–water partition coefficient (Wildman–Crippen LogP) is 3.28. The number of carbonyl (C=O) groups is 1. The number of aromatic nitrogens is 3. The van der Waals surface area contributed by atoms with Gasteiger partial charge in [-0.1, -0.05) is 24.3 Å². The SMILES string of the molecule is COc1cnc(C(C)=O)cc1Cc1ccc(-c2cnn(C)c2)cc1. The van der Waals surface area contributed by atoms with Crippen molar-refractivity contribution in [1.29, 1.82) is 0 Å². The monoisotopic (exact) mass is 321 g/mol. The van der Waals surface area contributed by atoms with E-state index in [0.717, 1.165) is 22.3 Å². The van der Waals surface area contributed by atoms with Gasteiger partial charge in [-0.25, -0.2) is 4.98 Å². The van der Waals surface area contributed by atoms with E-state index in [1.54, 1.807) is 24.1 Å². The average molecular weight is 321 g/mol. The molecule has 0 aliphatic rings. The molecule has 0 aliphatic carbocycles. The minimum absolute atomic E-state index is 0.0502. The third-order valence-electron chi connectivity index (χ3n) is 3.92. The normalized spacial score (nSPS) is 10.6. The Bertz CT molecular complexity index is 867. The summed E-state index contributed by atoms with van der Waals surface area (Å²) in [6, 6.07) is 10.1. The van der Waals surface area contributed by atoms with Crippen molar-refractivity contribution < 1.29 is 9.53 Å². The summed E-state index contributed by atoms with van der Waals surface area (Å²) in [4.78, 5) is 15.7. The first-order valence-electron chi connectivity index (χ1n) is 7.68. The molecular formula is C19H19N3O2. The van der Waals surface area contributed by atoms with Gasteiger partial charge in [-0.05, 0) is 17.2 Å². The maximum Gasteiger partial charge on any atom is 0.178 e. The number of ketones is 1. The number of carbonyl (C=O) groups excluding carboxylic acids is 1. The highest BCUT2D eigenvalue weighted by atomic mass is 16.5. The molecule has 24 heavy (non-hydrogen) atoms. The lowest BCUT2D eigenvalue weighted by atomic mass is 10.0. The molecule has 5 heteroatoms. The lowest BCUT2D eigenvalue weighted by Crippen LogP contribution is -2.01. The van der Waals surface area contributed by atoms with Gasteiger partial charge in [0.15, 0.2) is 5.78 Å². The number of hydrogen-bond donors (Lipinski definition) is 0. The van der Waals surface area contributed by atoms with Crippen LogP contribution < -0.4 is 4.74 Å². The third-order valence-corrected chi connectivity index (χ3v) is 3.92. The Labute approximate surface area is 140 Å². The van der Waals surface area contributed by atoms with Gasteiger partial charge in [0.1, 0.15) is 11.4 Å². The Morgan fingerprint density at radius 3 is 2.50 bits per heavy atom. The molecule has 0 bridgehead atoms. The van der Waals surface area contributed by atoms with E-state index >= 15 is 0 Å². The molecule has 0 radical (unpaired) electrons. The fraction of sp³-hybridized carbons (Fsp3) is 0.211. The minimum Gasteiger partial charge on any atom is -0.495 e. The van der Waals surface area contributed by atoms with Crippen LogP contribution >= 0.6 is 0 Å². The number of hydrogen-bond acceptors (Lipinski definition) is 4. The Balaban J connectivity index is 1.86. The number of methoxy groups -OCH3 is 1. The van der Waals surface area contributed by atoms with Crippen LogP contribution in [0.1, 0.15) is 28.5 Å². The number of rotatable bonds is 5. The molecule has 0 amide bonds. The van der Waals surface area contributed by atoms with E-state index in [1.807, 2.05) is 19.4 Å². The van der Waals surface area contributed by atoms with Crippen molar-refractivity contribution in [3.8, 4) is 16.9 Å². The fourth-order valence-corrected chi connectivity index (χ4v) is 2.60. The lowest BCUT2D eigenvalue weighted by molar-refractivity contribution is 0.101. The summed E-state index contributed by atoms with van der Waals surface area (Å²) in [5.41, 5.74) is 4.76. The number of benzene rings is 1. The second-order valence-electron chi connectivity index (χ2n) is 5.71. The highest BCUT2D eigenvalue weighted by molar-refractivity contribution is 5.92. The van der Waals surface area contributed by atoms with Gasteiger partial charge in [0.05, 0.1) is 19.5 Å². The van der Waals surface area contributed by atoms with Gasteiger partial charge >= 0.3 is 0 Å². The van der Waals surface area contributed by atoms with E-state index in [2.05, 4.69) is 34.3 Å². The summed E-state index contributed by atoms with van der Waals surface area (Å²) in [6.45, 7) is 1.52. The van der Waals surface area contributed by atoms with Gasteiger partial charge in [-0.15, -0.1) is 0 Å². The molecular weight excluding hydrogens is 302 g/mol. The largest absolute Gasteiger partial charge is 0.495 e. The van der Waals surface area contributed by atoms with Crippen LogP contribution in [0.2, 0.25) is 0 Å². The molecule has 0 saturated carbocycles. The molecule has 2 aromatic heterocycles. The smallest absolute Gasteiger partial charge is 0.178 e. The number of ether oxygens (including phenoxy) is 1. The van der Waals surface area contributed by atoms with Crippen LogP contribution in [0.15, 0.2) is 48.9 Å². The van der Waals surface area contributed by atoms with Gasteiger partial charge in [0, 0.05) is 37.7 Å². The first kappa shape index (κ1) is 15.9. The van der Waals surface area contributed by atoms with Crippen molar-refractivity contribution in [2.45, 2.75) is 13.3 Å². The van der Waals surface area contributed by atoms with Crippen LogP contribution in [-0.2, 0) is 13.5 Å². The Morgan fingerprint density at radius 2 is 1.92 bits per heavy atom. The number of Topliss-reactive ketones (excluding diaryl/α,β-unsaturated/α-hetero) is 1. The summed E-state index contributed by atoms with van der Waals surface area (Å²) in [7, 11) is 3.51. The van der Waals surface area contributed by atoms with Gasteiger partial charge in [0.25, 0.3) is 0 Å². The third kappa shape index (κ3) is 3.35. The van der Waals surface area contributed by atoms with E-state index < -0.39 is 0 Å². The highest BCUT2D eigenvalue weighted by Crippen LogP contribution is 2.24. The van der Waals surface area contributed by atoms with Crippen molar-refractivity contribution >= 4 is 5.78 Å². The fourth-order valence-electron chi connectivity index (χ4n) is 2.60. The van der Waals surface area contributed by atoms with E-state index in [1.165, 1.54) is 6.92 Å². The van der Waals surface area contributed by atoms with Crippen molar-refractivity contribution in [1.82, 2.24) is 14.8 Å². The number of pyridine rings is 1. The van der Waals surface area contributed by atoms with Crippen molar-refractivity contribution in [3.63, 3.8) is 0 Å². The minimum atomic E-state index is -0.0502. The first-order valence-corrected chi connectivity index (χ1v) is 7.68. The van der Waals surface area contributed by atoms with Crippen LogP contribution in [0.5, 0.6) is 5.75 Å². The second-order valence-corrected chi connectivity index (χ2v) is 5.71. The van der Waals surface area contributed by atoms with Crippen molar-refractivity contribution in [2.24, 2.45) is 7.05 Å². The van der Waals surface area contributed by atoms with Gasteiger partial charge in [-0.2, -0.15) is 5.10 Å². The summed E-state index contributed by atoms with van der Waals surface area (Å²) in [5.74, 6) is 0.641. The van der Waals surface area contributed by atoms with E-state index in [-0.39, 0.29) is 5.78 Å². The van der Waals surface area contributed by atoms with Crippen molar-refractivity contribution in [2.75, 3.05) is 7.11 Å². The summed E-state index contributed by atoms with van der Waals surface area (Å²) in [6.07, 6.45) is 6.12. The number of aryl methyl sites for hydroxylation is 1. The summed E-state index contributed by atoms with van der Waals surface area (Å²) in [5, 5.41) is 4.19. The summed E-state index contributed by atoms with van der Waals surface area (Å²) < 4.78 is 7.15. The first-order chi connectivity index (χ1) is 11.6. The van der Waals surface area contributed by atoms with Crippen LogP contribution in [0.3, 0.4) is 0 Å². The molecule has 5 nitrogen and oxygen atoms in total. The second kappa shape index (κ2) is 6.66. The lowest BCUT2D eigenvalue weighted by Gasteiger charge is -2.10. The maximum atomic E-state index is 11.5. The molecule has 0 unspecified atom stereocenters. The molecule has 2 heterocycles. The molecule has 1 aromatic carbocycles.